The molecule has 0 radical (unpaired) electrons. The molecule has 7 heteroatoms. The van der Waals surface area contributed by atoms with Crippen molar-refractivity contribution in [2.24, 2.45) is 4.99 Å². The van der Waals surface area contributed by atoms with Gasteiger partial charge in [0, 0.05) is 11.4 Å². The maximum absolute atomic E-state index is 8.81. The van der Waals surface area contributed by atoms with Crippen molar-refractivity contribution in [2.75, 3.05) is 6.54 Å². The van der Waals surface area contributed by atoms with Crippen LogP contribution in [0.15, 0.2) is 29.3 Å². The van der Waals surface area contributed by atoms with E-state index in [1.807, 2.05) is 38.1 Å². The molecule has 0 fully saturated rings. The van der Waals surface area contributed by atoms with Crippen LogP contribution in [0.5, 0.6) is 0 Å². The van der Waals surface area contributed by atoms with E-state index in [2.05, 4.69) is 33.6 Å². The van der Waals surface area contributed by atoms with Crippen molar-refractivity contribution in [3.8, 4) is 6.07 Å². The van der Waals surface area contributed by atoms with E-state index in [1.54, 1.807) is 11.3 Å². The van der Waals surface area contributed by atoms with Gasteiger partial charge in [-0.1, -0.05) is 12.1 Å². The zero-order chi connectivity index (χ0) is 16.7. The number of aryl methyl sites for hydroxylation is 2. The first-order valence-corrected chi connectivity index (χ1v) is 8.38. The lowest BCUT2D eigenvalue weighted by atomic mass is 10.1. The molecule has 1 aromatic carbocycles. The van der Waals surface area contributed by atoms with Gasteiger partial charge in [-0.3, -0.25) is 0 Å². The highest BCUT2D eigenvalue weighted by Gasteiger charge is 2.04. The Kier molecular flexibility index (Phi) is 8.71. The van der Waals surface area contributed by atoms with E-state index in [9.17, 15) is 0 Å². The van der Waals surface area contributed by atoms with Gasteiger partial charge in [0.2, 0.25) is 0 Å². The topological polar surface area (TPSA) is 73.1 Å². The Hall–Kier alpha value is -1.66. The normalized spacial score (nSPS) is 10.7. The number of rotatable bonds is 5. The first-order valence-electron chi connectivity index (χ1n) is 7.56. The van der Waals surface area contributed by atoms with Gasteiger partial charge < -0.3 is 10.6 Å². The molecule has 0 atom stereocenters. The van der Waals surface area contributed by atoms with Crippen LogP contribution >= 0.6 is 35.3 Å². The summed E-state index contributed by atoms with van der Waals surface area (Å²) in [5.41, 5.74) is 2.82. The summed E-state index contributed by atoms with van der Waals surface area (Å²) in [5, 5.41) is 16.4. The van der Waals surface area contributed by atoms with Crippen LogP contribution in [-0.4, -0.2) is 17.5 Å². The number of aliphatic imine (C=N–C) groups is 1. The first-order chi connectivity index (χ1) is 11.1. The second-order valence-electron chi connectivity index (χ2n) is 5.11. The summed E-state index contributed by atoms with van der Waals surface area (Å²) in [6.45, 7) is 8.18. The SMILES string of the molecule is CCNC(=NCc1ccc(C#N)cc1)NCc1nc(C)c(C)s1.I. The fourth-order valence-corrected chi connectivity index (χ4v) is 2.84. The number of benzene rings is 1. The summed E-state index contributed by atoms with van der Waals surface area (Å²) in [7, 11) is 0. The Labute approximate surface area is 164 Å². The summed E-state index contributed by atoms with van der Waals surface area (Å²) in [6.07, 6.45) is 0. The summed E-state index contributed by atoms with van der Waals surface area (Å²) < 4.78 is 0. The van der Waals surface area contributed by atoms with Crippen molar-refractivity contribution in [1.29, 1.82) is 5.26 Å². The molecule has 0 spiro atoms. The summed E-state index contributed by atoms with van der Waals surface area (Å²) in [5.74, 6) is 0.766. The van der Waals surface area contributed by atoms with E-state index >= 15 is 0 Å². The van der Waals surface area contributed by atoms with Crippen molar-refractivity contribution in [3.05, 3.63) is 51.0 Å². The van der Waals surface area contributed by atoms with Crippen molar-refractivity contribution in [3.63, 3.8) is 0 Å². The van der Waals surface area contributed by atoms with Crippen LogP contribution in [0.25, 0.3) is 0 Å². The molecule has 0 aliphatic rings. The van der Waals surface area contributed by atoms with E-state index in [4.69, 9.17) is 5.26 Å². The molecule has 128 valence electrons. The molecule has 1 heterocycles. The quantitative estimate of drug-likeness (QED) is 0.411. The molecule has 0 aliphatic carbocycles. The van der Waals surface area contributed by atoms with Gasteiger partial charge in [-0.05, 0) is 38.5 Å². The highest BCUT2D eigenvalue weighted by atomic mass is 127. The molecule has 0 amide bonds. The third-order valence-electron chi connectivity index (χ3n) is 3.33. The molecular weight excluding hydrogens is 433 g/mol. The molecule has 0 saturated carbocycles. The van der Waals surface area contributed by atoms with Crippen molar-refractivity contribution in [1.82, 2.24) is 15.6 Å². The Bertz CT molecular complexity index is 696. The number of thiazole rings is 1. The average Bonchev–Trinajstić information content (AvgIpc) is 2.89. The minimum atomic E-state index is 0. The molecule has 0 unspecified atom stereocenters. The van der Waals surface area contributed by atoms with Crippen LogP contribution in [0.4, 0.5) is 0 Å². The molecular formula is C17H22IN5S. The standard InChI is InChI=1S/C17H21N5S.HI/c1-4-19-17(21-11-16-22-12(2)13(3)23-16)20-10-15-7-5-14(9-18)6-8-15;/h5-8H,4,10-11H2,1-3H3,(H2,19,20,21);1H. The molecule has 1 aromatic heterocycles. The van der Waals surface area contributed by atoms with E-state index in [0.29, 0.717) is 18.7 Å². The monoisotopic (exact) mass is 455 g/mol. The van der Waals surface area contributed by atoms with E-state index in [0.717, 1.165) is 28.8 Å². The van der Waals surface area contributed by atoms with Crippen LogP contribution in [0.2, 0.25) is 0 Å². The van der Waals surface area contributed by atoms with Crippen molar-refractivity contribution >= 4 is 41.3 Å². The van der Waals surface area contributed by atoms with Gasteiger partial charge in [0.1, 0.15) is 5.01 Å². The Morgan fingerprint density at radius 1 is 1.25 bits per heavy atom. The minimum Gasteiger partial charge on any atom is -0.357 e. The van der Waals surface area contributed by atoms with Crippen LogP contribution in [0.3, 0.4) is 0 Å². The Morgan fingerprint density at radius 3 is 2.50 bits per heavy atom. The Morgan fingerprint density at radius 2 is 1.96 bits per heavy atom. The summed E-state index contributed by atoms with van der Waals surface area (Å²) in [4.78, 5) is 10.3. The number of nitriles is 1. The lowest BCUT2D eigenvalue weighted by Gasteiger charge is -2.10. The first kappa shape index (κ1) is 20.4. The van der Waals surface area contributed by atoms with E-state index in [1.165, 1.54) is 4.88 Å². The van der Waals surface area contributed by atoms with Gasteiger partial charge in [-0.2, -0.15) is 5.26 Å². The van der Waals surface area contributed by atoms with Crippen LogP contribution in [0, 0.1) is 25.2 Å². The number of aromatic nitrogens is 1. The van der Waals surface area contributed by atoms with Crippen LogP contribution in [-0.2, 0) is 13.1 Å². The molecule has 2 rings (SSSR count). The van der Waals surface area contributed by atoms with Gasteiger partial charge in [0.25, 0.3) is 0 Å². The van der Waals surface area contributed by atoms with Gasteiger partial charge in [0.05, 0.1) is 30.4 Å². The third-order valence-corrected chi connectivity index (χ3v) is 4.40. The lowest BCUT2D eigenvalue weighted by Crippen LogP contribution is -2.36. The van der Waals surface area contributed by atoms with E-state index < -0.39 is 0 Å². The number of guanidine groups is 1. The molecule has 24 heavy (non-hydrogen) atoms. The van der Waals surface area contributed by atoms with Crippen molar-refractivity contribution in [2.45, 2.75) is 33.9 Å². The molecule has 0 bridgehead atoms. The molecule has 2 N–H and O–H groups in total. The van der Waals surface area contributed by atoms with Crippen LogP contribution in [0.1, 0.15) is 33.6 Å². The number of hydrogen-bond acceptors (Lipinski definition) is 4. The second-order valence-corrected chi connectivity index (χ2v) is 6.39. The third kappa shape index (κ3) is 6.09. The predicted molar refractivity (Wildman–Crippen MR) is 110 cm³/mol. The summed E-state index contributed by atoms with van der Waals surface area (Å²) >= 11 is 1.71. The maximum Gasteiger partial charge on any atom is 0.191 e. The molecule has 2 aromatic rings. The number of halogens is 1. The van der Waals surface area contributed by atoms with Gasteiger partial charge in [-0.25, -0.2) is 9.98 Å². The summed E-state index contributed by atoms with van der Waals surface area (Å²) in [6, 6.07) is 9.60. The molecule has 0 saturated heterocycles. The Balaban J connectivity index is 0.00000288. The fraction of sp³-hybridized carbons (Fsp3) is 0.353. The number of nitrogens with zero attached hydrogens (tertiary/aromatic N) is 3. The maximum atomic E-state index is 8.81. The highest BCUT2D eigenvalue weighted by Crippen LogP contribution is 2.15. The number of hydrogen-bond donors (Lipinski definition) is 2. The van der Waals surface area contributed by atoms with E-state index in [-0.39, 0.29) is 24.0 Å². The van der Waals surface area contributed by atoms with Gasteiger partial charge >= 0.3 is 0 Å². The van der Waals surface area contributed by atoms with Crippen LogP contribution < -0.4 is 10.6 Å². The van der Waals surface area contributed by atoms with Gasteiger partial charge in [0.15, 0.2) is 5.96 Å². The van der Waals surface area contributed by atoms with Crippen molar-refractivity contribution < 1.29 is 0 Å². The predicted octanol–water partition coefficient (Wildman–Crippen LogP) is 3.50. The zero-order valence-corrected chi connectivity index (χ0v) is 17.2. The molecule has 0 aliphatic heterocycles. The number of nitrogens with one attached hydrogen (secondary N) is 2. The fourth-order valence-electron chi connectivity index (χ4n) is 1.97. The second kappa shape index (κ2) is 10.3. The minimum absolute atomic E-state index is 0. The molecule has 5 nitrogen and oxygen atoms in total. The highest BCUT2D eigenvalue weighted by molar-refractivity contribution is 14.0. The lowest BCUT2D eigenvalue weighted by molar-refractivity contribution is 0.809. The average molecular weight is 455 g/mol. The zero-order valence-electron chi connectivity index (χ0n) is 14.1. The van der Waals surface area contributed by atoms with Gasteiger partial charge in [-0.15, -0.1) is 35.3 Å². The largest absolute Gasteiger partial charge is 0.357 e. The smallest absolute Gasteiger partial charge is 0.191 e.